The summed E-state index contributed by atoms with van der Waals surface area (Å²) in [5, 5.41) is 2.72. The molecule has 2 atom stereocenters. The lowest BCUT2D eigenvalue weighted by Gasteiger charge is -2.42. The lowest BCUT2D eigenvalue weighted by molar-refractivity contribution is 0.0589. The molecule has 1 amide bonds. The molecule has 5 nitrogen and oxygen atoms in total. The maximum absolute atomic E-state index is 13.1. The number of aromatic nitrogens is 2. The number of fused-ring (bicyclic) bond motifs is 4. The smallest absolute Gasteiger partial charge is 0.273 e. The Morgan fingerprint density at radius 3 is 2.74 bits per heavy atom. The zero-order chi connectivity index (χ0) is 18.4. The number of benzene rings is 1. The maximum atomic E-state index is 13.1. The fourth-order valence-electron chi connectivity index (χ4n) is 4.31. The highest BCUT2D eigenvalue weighted by Crippen LogP contribution is 2.35. The van der Waals surface area contributed by atoms with Crippen LogP contribution in [-0.2, 0) is 6.54 Å². The van der Waals surface area contributed by atoms with Crippen LogP contribution in [0.15, 0.2) is 58.7 Å². The Hall–Kier alpha value is -2.73. The van der Waals surface area contributed by atoms with Gasteiger partial charge in [-0.2, -0.15) is 0 Å². The van der Waals surface area contributed by atoms with Crippen LogP contribution in [0.5, 0.6) is 0 Å². The van der Waals surface area contributed by atoms with Gasteiger partial charge in [-0.25, -0.2) is 4.98 Å². The summed E-state index contributed by atoms with van der Waals surface area (Å²) >= 11 is 1.50. The Kier molecular flexibility index (Phi) is 3.93. The molecule has 3 aromatic rings. The zero-order valence-corrected chi connectivity index (χ0v) is 15.6. The third-order valence-corrected chi connectivity index (χ3v) is 6.40. The van der Waals surface area contributed by atoms with Gasteiger partial charge in [-0.1, -0.05) is 36.4 Å². The first-order chi connectivity index (χ1) is 13.2. The molecule has 5 rings (SSSR count). The molecule has 4 heterocycles. The summed E-state index contributed by atoms with van der Waals surface area (Å²) < 4.78 is 1.89. The molecule has 27 heavy (non-hydrogen) atoms. The predicted molar refractivity (Wildman–Crippen MR) is 105 cm³/mol. The zero-order valence-electron chi connectivity index (χ0n) is 14.7. The topological polar surface area (TPSA) is 55.2 Å². The van der Waals surface area contributed by atoms with E-state index in [2.05, 4.69) is 4.98 Å². The summed E-state index contributed by atoms with van der Waals surface area (Å²) in [5.41, 5.74) is 2.67. The van der Waals surface area contributed by atoms with Crippen molar-refractivity contribution in [3.8, 4) is 10.6 Å². The molecule has 0 spiro atoms. The van der Waals surface area contributed by atoms with E-state index >= 15 is 0 Å². The van der Waals surface area contributed by atoms with Gasteiger partial charge >= 0.3 is 0 Å². The average molecular weight is 377 g/mol. The number of piperidine rings is 1. The summed E-state index contributed by atoms with van der Waals surface area (Å²) in [7, 11) is 0. The van der Waals surface area contributed by atoms with Crippen LogP contribution in [0.4, 0.5) is 0 Å². The van der Waals surface area contributed by atoms with E-state index < -0.39 is 0 Å². The van der Waals surface area contributed by atoms with Crippen molar-refractivity contribution < 1.29 is 4.79 Å². The van der Waals surface area contributed by atoms with Gasteiger partial charge in [0.25, 0.3) is 11.5 Å². The van der Waals surface area contributed by atoms with Crippen molar-refractivity contribution in [1.29, 1.82) is 0 Å². The highest BCUT2D eigenvalue weighted by atomic mass is 32.1. The van der Waals surface area contributed by atoms with Crippen molar-refractivity contribution in [1.82, 2.24) is 14.5 Å². The first kappa shape index (κ1) is 16.4. The molecule has 136 valence electrons. The second kappa shape index (κ2) is 6.46. The number of hydrogen-bond donors (Lipinski definition) is 0. The monoisotopic (exact) mass is 377 g/mol. The summed E-state index contributed by atoms with van der Waals surface area (Å²) in [6.45, 7) is 2.03. The average Bonchev–Trinajstić information content (AvgIpc) is 3.19. The van der Waals surface area contributed by atoms with E-state index in [-0.39, 0.29) is 17.4 Å². The summed E-state index contributed by atoms with van der Waals surface area (Å²) in [4.78, 5) is 31.7. The number of thiazole rings is 1. The van der Waals surface area contributed by atoms with Gasteiger partial charge in [-0.15, -0.1) is 11.3 Å². The molecule has 0 saturated carbocycles. The molecule has 2 aromatic heterocycles. The van der Waals surface area contributed by atoms with Crippen molar-refractivity contribution in [3.05, 3.63) is 75.7 Å². The van der Waals surface area contributed by atoms with Crippen LogP contribution in [0, 0.1) is 5.92 Å². The molecule has 1 aromatic carbocycles. The molecular weight excluding hydrogens is 358 g/mol. The van der Waals surface area contributed by atoms with E-state index in [4.69, 9.17) is 0 Å². The van der Waals surface area contributed by atoms with Gasteiger partial charge in [-0.05, 0) is 18.4 Å². The van der Waals surface area contributed by atoms with Gasteiger partial charge in [0.05, 0.1) is 0 Å². The standard InChI is InChI=1S/C21H19N3O2S/c25-19-8-4-7-18-16-9-14(11-24(18)19)10-23(12-16)21(26)17-13-27-20(22-17)15-5-2-1-3-6-15/h1-8,13-14,16H,9-12H2. The summed E-state index contributed by atoms with van der Waals surface area (Å²) in [6.07, 6.45) is 1.04. The molecule has 2 aliphatic heterocycles. The Bertz CT molecular complexity index is 1060. The normalized spacial score (nSPS) is 21.0. The largest absolute Gasteiger partial charge is 0.336 e. The van der Waals surface area contributed by atoms with E-state index in [0.29, 0.717) is 31.2 Å². The van der Waals surface area contributed by atoms with Gasteiger partial charge in [0.1, 0.15) is 10.7 Å². The molecule has 1 saturated heterocycles. The summed E-state index contributed by atoms with van der Waals surface area (Å²) in [5.74, 6) is 0.546. The number of hydrogen-bond acceptors (Lipinski definition) is 4. The minimum absolute atomic E-state index is 0.00476. The Labute approximate surface area is 160 Å². The highest BCUT2D eigenvalue weighted by molar-refractivity contribution is 7.13. The minimum atomic E-state index is -0.00476. The van der Waals surface area contributed by atoms with Gasteiger partial charge in [-0.3, -0.25) is 9.59 Å². The third-order valence-electron chi connectivity index (χ3n) is 5.51. The molecule has 0 N–H and O–H groups in total. The van der Waals surface area contributed by atoms with Crippen molar-refractivity contribution >= 4 is 17.2 Å². The molecule has 2 unspecified atom stereocenters. The van der Waals surface area contributed by atoms with Crippen molar-refractivity contribution in [2.45, 2.75) is 18.9 Å². The molecule has 6 heteroatoms. The van der Waals surface area contributed by atoms with E-state index in [1.54, 1.807) is 6.07 Å². The number of nitrogens with zero attached hydrogens (tertiary/aromatic N) is 3. The van der Waals surface area contributed by atoms with Gasteiger partial charge < -0.3 is 9.47 Å². The van der Waals surface area contributed by atoms with E-state index in [0.717, 1.165) is 22.7 Å². The highest BCUT2D eigenvalue weighted by Gasteiger charge is 2.36. The maximum Gasteiger partial charge on any atom is 0.273 e. The van der Waals surface area contributed by atoms with E-state index in [1.807, 2.05) is 57.3 Å². The lowest BCUT2D eigenvalue weighted by atomic mass is 9.83. The fraction of sp³-hybridized carbons (Fsp3) is 0.286. The van der Waals surface area contributed by atoms with Crippen molar-refractivity contribution in [3.63, 3.8) is 0 Å². The van der Waals surface area contributed by atoms with Crippen LogP contribution in [0.2, 0.25) is 0 Å². The lowest BCUT2D eigenvalue weighted by Crippen LogP contribution is -2.49. The van der Waals surface area contributed by atoms with Gasteiger partial charge in [0.2, 0.25) is 0 Å². The molecule has 2 bridgehead atoms. The number of carbonyl (C=O) groups is 1. The third kappa shape index (κ3) is 2.90. The molecule has 2 aliphatic rings. The molecule has 1 fully saturated rings. The van der Waals surface area contributed by atoms with Crippen molar-refractivity contribution in [2.75, 3.05) is 13.1 Å². The first-order valence-corrected chi connectivity index (χ1v) is 10.1. The van der Waals surface area contributed by atoms with E-state index in [1.165, 1.54) is 11.3 Å². The summed E-state index contributed by atoms with van der Waals surface area (Å²) in [6, 6.07) is 15.4. The Morgan fingerprint density at radius 2 is 1.89 bits per heavy atom. The number of amides is 1. The quantitative estimate of drug-likeness (QED) is 0.689. The number of likely N-dealkylation sites (tertiary alicyclic amines) is 1. The van der Waals surface area contributed by atoms with Gasteiger partial charge in [0, 0.05) is 48.3 Å². The van der Waals surface area contributed by atoms with Crippen LogP contribution < -0.4 is 5.56 Å². The fourth-order valence-corrected chi connectivity index (χ4v) is 5.11. The van der Waals surface area contributed by atoms with Gasteiger partial charge in [0.15, 0.2) is 0 Å². The predicted octanol–water partition coefficient (Wildman–Crippen LogP) is 3.23. The van der Waals surface area contributed by atoms with E-state index in [9.17, 15) is 9.59 Å². The Morgan fingerprint density at radius 1 is 1.04 bits per heavy atom. The van der Waals surface area contributed by atoms with Crippen molar-refractivity contribution in [2.24, 2.45) is 5.92 Å². The minimum Gasteiger partial charge on any atom is -0.336 e. The second-order valence-electron chi connectivity index (χ2n) is 7.31. The van der Waals surface area contributed by atoms with Crippen LogP contribution in [0.1, 0.15) is 28.5 Å². The number of carbonyl (C=O) groups excluding carboxylic acids is 1. The molecular formula is C21H19N3O2S. The van der Waals surface area contributed by atoms with Crippen LogP contribution in [-0.4, -0.2) is 33.4 Å². The second-order valence-corrected chi connectivity index (χ2v) is 8.17. The first-order valence-electron chi connectivity index (χ1n) is 9.19. The number of rotatable bonds is 2. The Balaban J connectivity index is 1.40. The van der Waals surface area contributed by atoms with Crippen LogP contribution in [0.3, 0.4) is 0 Å². The van der Waals surface area contributed by atoms with Crippen LogP contribution >= 0.6 is 11.3 Å². The SMILES string of the molecule is O=C(c1csc(-c2ccccc2)n1)N1CC2CC(C1)c1cccc(=O)n1C2. The molecule has 0 aliphatic carbocycles. The number of pyridine rings is 1. The molecule has 0 radical (unpaired) electrons. The van der Waals surface area contributed by atoms with Crippen LogP contribution in [0.25, 0.3) is 10.6 Å².